The number of aryl methyl sites for hydroxylation is 1. The fourth-order valence-electron chi connectivity index (χ4n) is 2.16. The Morgan fingerprint density at radius 2 is 1.78 bits per heavy atom. The summed E-state index contributed by atoms with van der Waals surface area (Å²) in [5.41, 5.74) is 3.61. The lowest BCUT2D eigenvalue weighted by atomic mass is 9.97. The molecule has 0 saturated carbocycles. The van der Waals surface area contributed by atoms with E-state index in [1.165, 1.54) is 11.1 Å². The van der Waals surface area contributed by atoms with Gasteiger partial charge in [-0.1, -0.05) is 60.1 Å². The number of halogens is 1. The first kappa shape index (κ1) is 13.1. The Labute approximate surface area is 114 Å². The fourth-order valence-corrected chi connectivity index (χ4v) is 2.41. The molecule has 0 radical (unpaired) electrons. The predicted octanol–water partition coefficient (Wildman–Crippen LogP) is 4.15. The van der Waals surface area contributed by atoms with E-state index in [4.69, 9.17) is 11.6 Å². The maximum atomic E-state index is 6.39. The summed E-state index contributed by atoms with van der Waals surface area (Å²) >= 11 is 6.39. The van der Waals surface area contributed by atoms with E-state index in [1.807, 2.05) is 26.1 Å². The molecule has 2 rings (SSSR count). The summed E-state index contributed by atoms with van der Waals surface area (Å²) in [7, 11) is 1.98. The summed E-state index contributed by atoms with van der Waals surface area (Å²) in [5.74, 6) is 0. The van der Waals surface area contributed by atoms with Gasteiger partial charge in [-0.15, -0.1) is 0 Å². The van der Waals surface area contributed by atoms with E-state index in [-0.39, 0.29) is 6.04 Å². The highest BCUT2D eigenvalue weighted by molar-refractivity contribution is 6.32. The number of rotatable bonds is 4. The lowest BCUT2D eigenvalue weighted by molar-refractivity contribution is 0.592. The smallest absolute Gasteiger partial charge is 0.0483 e. The van der Waals surface area contributed by atoms with Crippen LogP contribution >= 0.6 is 11.6 Å². The Morgan fingerprint density at radius 3 is 2.44 bits per heavy atom. The minimum absolute atomic E-state index is 0.250. The minimum Gasteiger partial charge on any atom is -0.313 e. The van der Waals surface area contributed by atoms with Crippen molar-refractivity contribution < 1.29 is 0 Å². The molecular formula is C16H18ClN. The fraction of sp³-hybridized carbons (Fsp3) is 0.250. The van der Waals surface area contributed by atoms with E-state index in [0.717, 1.165) is 17.0 Å². The van der Waals surface area contributed by atoms with Gasteiger partial charge in [0.2, 0.25) is 0 Å². The van der Waals surface area contributed by atoms with Crippen LogP contribution in [0.1, 0.15) is 22.7 Å². The minimum atomic E-state index is 0.250. The van der Waals surface area contributed by atoms with Gasteiger partial charge in [0.15, 0.2) is 0 Å². The van der Waals surface area contributed by atoms with Crippen LogP contribution in [0.5, 0.6) is 0 Å². The SMILES string of the molecule is CNC(Cc1ccccc1)c1cccc(C)c1Cl. The molecule has 18 heavy (non-hydrogen) atoms. The zero-order valence-electron chi connectivity index (χ0n) is 10.8. The predicted molar refractivity (Wildman–Crippen MR) is 78.1 cm³/mol. The molecule has 0 bridgehead atoms. The van der Waals surface area contributed by atoms with Crippen LogP contribution in [0.25, 0.3) is 0 Å². The van der Waals surface area contributed by atoms with Crippen LogP contribution in [0.4, 0.5) is 0 Å². The molecule has 0 aliphatic heterocycles. The second-order valence-corrected chi connectivity index (χ2v) is 4.89. The number of benzene rings is 2. The molecule has 2 aromatic rings. The molecule has 0 fully saturated rings. The quantitative estimate of drug-likeness (QED) is 0.870. The molecule has 0 amide bonds. The van der Waals surface area contributed by atoms with Crippen molar-refractivity contribution in [2.75, 3.05) is 7.05 Å². The zero-order chi connectivity index (χ0) is 13.0. The van der Waals surface area contributed by atoms with Crippen molar-refractivity contribution in [3.8, 4) is 0 Å². The van der Waals surface area contributed by atoms with E-state index in [1.54, 1.807) is 0 Å². The molecule has 0 aromatic heterocycles. The van der Waals surface area contributed by atoms with Crippen LogP contribution < -0.4 is 5.32 Å². The highest BCUT2D eigenvalue weighted by Crippen LogP contribution is 2.28. The van der Waals surface area contributed by atoms with Gasteiger partial charge < -0.3 is 5.32 Å². The van der Waals surface area contributed by atoms with Gasteiger partial charge in [-0.3, -0.25) is 0 Å². The van der Waals surface area contributed by atoms with Crippen LogP contribution in [0.2, 0.25) is 5.02 Å². The summed E-state index contributed by atoms with van der Waals surface area (Å²) in [6.45, 7) is 2.04. The summed E-state index contributed by atoms with van der Waals surface area (Å²) in [4.78, 5) is 0. The highest BCUT2D eigenvalue weighted by Gasteiger charge is 2.14. The Hall–Kier alpha value is -1.31. The van der Waals surface area contributed by atoms with E-state index >= 15 is 0 Å². The van der Waals surface area contributed by atoms with Crippen molar-refractivity contribution in [3.05, 3.63) is 70.2 Å². The third-order valence-corrected chi connectivity index (χ3v) is 3.74. The van der Waals surface area contributed by atoms with E-state index in [0.29, 0.717) is 0 Å². The Bertz CT molecular complexity index is 508. The number of nitrogens with one attached hydrogen (secondary N) is 1. The van der Waals surface area contributed by atoms with Gasteiger partial charge in [0.05, 0.1) is 0 Å². The highest BCUT2D eigenvalue weighted by atomic mass is 35.5. The lowest BCUT2D eigenvalue weighted by Crippen LogP contribution is -2.19. The largest absolute Gasteiger partial charge is 0.313 e. The van der Waals surface area contributed by atoms with Crippen LogP contribution in [-0.4, -0.2) is 7.05 Å². The molecule has 0 heterocycles. The van der Waals surface area contributed by atoms with Gasteiger partial charge in [-0.05, 0) is 37.1 Å². The lowest BCUT2D eigenvalue weighted by Gasteiger charge is -2.19. The first-order chi connectivity index (χ1) is 8.72. The third kappa shape index (κ3) is 2.92. The third-order valence-electron chi connectivity index (χ3n) is 3.23. The topological polar surface area (TPSA) is 12.0 Å². The molecule has 0 aliphatic rings. The molecule has 0 saturated heterocycles. The van der Waals surface area contributed by atoms with Crippen molar-refractivity contribution in [1.29, 1.82) is 0 Å². The van der Waals surface area contributed by atoms with Crippen molar-refractivity contribution in [2.24, 2.45) is 0 Å². The summed E-state index contributed by atoms with van der Waals surface area (Å²) in [6.07, 6.45) is 0.945. The van der Waals surface area contributed by atoms with Crippen LogP contribution in [0, 0.1) is 6.92 Å². The van der Waals surface area contributed by atoms with Crippen molar-refractivity contribution >= 4 is 11.6 Å². The van der Waals surface area contributed by atoms with Crippen LogP contribution in [0.3, 0.4) is 0 Å². The van der Waals surface area contributed by atoms with Crippen molar-refractivity contribution in [3.63, 3.8) is 0 Å². The average Bonchev–Trinajstić information content (AvgIpc) is 2.41. The maximum Gasteiger partial charge on any atom is 0.0483 e. The summed E-state index contributed by atoms with van der Waals surface area (Å²) in [6, 6.07) is 16.9. The Balaban J connectivity index is 2.26. The zero-order valence-corrected chi connectivity index (χ0v) is 11.5. The second-order valence-electron chi connectivity index (χ2n) is 4.51. The van der Waals surface area contributed by atoms with Crippen LogP contribution in [-0.2, 0) is 6.42 Å². The first-order valence-electron chi connectivity index (χ1n) is 6.18. The first-order valence-corrected chi connectivity index (χ1v) is 6.56. The molecule has 1 N–H and O–H groups in total. The van der Waals surface area contributed by atoms with E-state index in [9.17, 15) is 0 Å². The van der Waals surface area contributed by atoms with E-state index < -0.39 is 0 Å². The molecule has 2 heteroatoms. The van der Waals surface area contributed by atoms with Gasteiger partial charge in [-0.2, -0.15) is 0 Å². The molecule has 2 aromatic carbocycles. The van der Waals surface area contributed by atoms with E-state index in [2.05, 4.69) is 41.7 Å². The monoisotopic (exact) mass is 259 g/mol. The standard InChI is InChI=1S/C16H18ClN/c1-12-7-6-10-14(16(12)17)15(18-2)11-13-8-4-3-5-9-13/h3-10,15,18H,11H2,1-2H3. The Kier molecular flexibility index (Phi) is 4.40. The van der Waals surface area contributed by atoms with Gasteiger partial charge in [0.25, 0.3) is 0 Å². The van der Waals surface area contributed by atoms with Crippen LogP contribution in [0.15, 0.2) is 48.5 Å². The molecule has 0 aliphatic carbocycles. The normalized spacial score (nSPS) is 12.4. The molecule has 1 nitrogen and oxygen atoms in total. The van der Waals surface area contributed by atoms with Gasteiger partial charge in [0.1, 0.15) is 0 Å². The molecule has 94 valence electrons. The molecule has 1 unspecified atom stereocenters. The second kappa shape index (κ2) is 6.03. The Morgan fingerprint density at radius 1 is 1.06 bits per heavy atom. The van der Waals surface area contributed by atoms with Gasteiger partial charge >= 0.3 is 0 Å². The average molecular weight is 260 g/mol. The van der Waals surface area contributed by atoms with Gasteiger partial charge in [-0.25, -0.2) is 0 Å². The van der Waals surface area contributed by atoms with Gasteiger partial charge in [0, 0.05) is 11.1 Å². The molecular weight excluding hydrogens is 242 g/mol. The number of hydrogen-bond acceptors (Lipinski definition) is 1. The number of hydrogen-bond donors (Lipinski definition) is 1. The van der Waals surface area contributed by atoms with Crippen molar-refractivity contribution in [1.82, 2.24) is 5.32 Å². The number of likely N-dealkylation sites (N-methyl/N-ethyl adjacent to an activating group) is 1. The molecule has 1 atom stereocenters. The van der Waals surface area contributed by atoms with Crippen molar-refractivity contribution in [2.45, 2.75) is 19.4 Å². The summed E-state index contributed by atoms with van der Waals surface area (Å²) in [5, 5.41) is 4.22. The maximum absolute atomic E-state index is 6.39. The molecule has 0 spiro atoms. The summed E-state index contributed by atoms with van der Waals surface area (Å²) < 4.78 is 0.